The van der Waals surface area contributed by atoms with Gasteiger partial charge in [-0.2, -0.15) is 0 Å². The molecular weight excluding hydrogens is 318 g/mol. The molecule has 2 atom stereocenters. The van der Waals surface area contributed by atoms with Crippen LogP contribution in [-0.2, 0) is 16.1 Å². The van der Waals surface area contributed by atoms with Crippen molar-refractivity contribution in [1.82, 2.24) is 15.2 Å². The largest absolute Gasteiger partial charge is 0.376 e. The minimum absolute atomic E-state index is 0.00410. The Balaban J connectivity index is 1.95. The summed E-state index contributed by atoms with van der Waals surface area (Å²) in [5, 5.41) is 2.99. The zero-order valence-electron chi connectivity index (χ0n) is 15.7. The Bertz CT molecular complexity index is 618. The lowest BCUT2D eigenvalue weighted by molar-refractivity contribution is -0.130. The summed E-state index contributed by atoms with van der Waals surface area (Å²) in [5.74, 6) is 0.0266. The Labute approximate surface area is 150 Å². The number of pyridine rings is 1. The highest BCUT2D eigenvalue weighted by Gasteiger charge is 2.29. The monoisotopic (exact) mass is 347 g/mol. The summed E-state index contributed by atoms with van der Waals surface area (Å²) in [4.78, 5) is 30.7. The summed E-state index contributed by atoms with van der Waals surface area (Å²) in [6, 6.07) is 3.43. The van der Waals surface area contributed by atoms with Gasteiger partial charge in [-0.1, -0.05) is 13.8 Å². The minimum Gasteiger partial charge on any atom is -0.376 e. The van der Waals surface area contributed by atoms with Crippen molar-refractivity contribution in [2.45, 2.75) is 59.2 Å². The molecule has 1 N–H and O–H groups in total. The van der Waals surface area contributed by atoms with Gasteiger partial charge >= 0.3 is 0 Å². The third-order valence-corrected chi connectivity index (χ3v) is 4.72. The number of rotatable bonds is 7. The van der Waals surface area contributed by atoms with Crippen molar-refractivity contribution in [2.75, 3.05) is 19.7 Å². The minimum atomic E-state index is -0.143. The molecule has 138 valence electrons. The number of aryl methyl sites for hydroxylation is 1. The maximum atomic E-state index is 12.6. The van der Waals surface area contributed by atoms with Crippen molar-refractivity contribution >= 4 is 11.7 Å². The van der Waals surface area contributed by atoms with Crippen LogP contribution in [0.1, 0.15) is 55.4 Å². The van der Waals surface area contributed by atoms with E-state index < -0.39 is 0 Å². The highest BCUT2D eigenvalue weighted by atomic mass is 16.5. The Hall–Kier alpha value is -1.79. The maximum absolute atomic E-state index is 12.6. The first-order valence-corrected chi connectivity index (χ1v) is 9.07. The predicted octanol–water partition coefficient (Wildman–Crippen LogP) is 2.10. The van der Waals surface area contributed by atoms with Crippen molar-refractivity contribution in [1.29, 1.82) is 0 Å². The van der Waals surface area contributed by atoms with E-state index in [1.807, 2.05) is 13.8 Å². The second-order valence-electron chi connectivity index (χ2n) is 6.53. The molecule has 2 heterocycles. The summed E-state index contributed by atoms with van der Waals surface area (Å²) in [7, 11) is 0. The predicted molar refractivity (Wildman–Crippen MR) is 96.5 cm³/mol. The number of carbonyl (C=O) groups is 2. The number of Topliss-reactive ketones (excluding diaryl/α,β-unsaturated/α-hetero) is 1. The average molecular weight is 347 g/mol. The first kappa shape index (κ1) is 19.5. The van der Waals surface area contributed by atoms with Gasteiger partial charge in [0, 0.05) is 24.3 Å². The molecule has 1 fully saturated rings. The van der Waals surface area contributed by atoms with Gasteiger partial charge in [-0.15, -0.1) is 0 Å². The summed E-state index contributed by atoms with van der Waals surface area (Å²) in [6.45, 7) is 10.1. The Morgan fingerprint density at radius 1 is 1.40 bits per heavy atom. The van der Waals surface area contributed by atoms with Crippen LogP contribution in [0.25, 0.3) is 0 Å². The highest BCUT2D eigenvalue weighted by molar-refractivity contribution is 5.95. The van der Waals surface area contributed by atoms with Gasteiger partial charge in [0.15, 0.2) is 5.78 Å². The van der Waals surface area contributed by atoms with E-state index in [0.717, 1.165) is 31.6 Å². The van der Waals surface area contributed by atoms with E-state index in [1.54, 1.807) is 12.1 Å². The van der Waals surface area contributed by atoms with Gasteiger partial charge < -0.3 is 10.1 Å². The fourth-order valence-electron chi connectivity index (χ4n) is 3.26. The number of nitrogens with one attached hydrogen (secondary N) is 1. The first-order valence-electron chi connectivity index (χ1n) is 9.07. The topological polar surface area (TPSA) is 71.5 Å². The summed E-state index contributed by atoms with van der Waals surface area (Å²) in [6.07, 6.45) is 1.93. The summed E-state index contributed by atoms with van der Waals surface area (Å²) >= 11 is 0. The molecule has 0 aromatic carbocycles. The van der Waals surface area contributed by atoms with Crippen LogP contribution in [0.5, 0.6) is 0 Å². The van der Waals surface area contributed by atoms with Crippen molar-refractivity contribution in [3.05, 3.63) is 29.1 Å². The van der Waals surface area contributed by atoms with Crippen molar-refractivity contribution in [2.24, 2.45) is 0 Å². The van der Waals surface area contributed by atoms with Gasteiger partial charge in [0.1, 0.15) is 0 Å². The van der Waals surface area contributed by atoms with Crippen LogP contribution in [0.3, 0.4) is 0 Å². The van der Waals surface area contributed by atoms with E-state index >= 15 is 0 Å². The SMILES string of the molecule is CCC1CN(C(CC)C(=O)NCc2ccc(C(C)=O)c(C)n2)CCO1. The lowest BCUT2D eigenvalue weighted by Crippen LogP contribution is -2.53. The normalized spacial score (nSPS) is 19.4. The zero-order valence-corrected chi connectivity index (χ0v) is 15.7. The lowest BCUT2D eigenvalue weighted by Gasteiger charge is -2.37. The van der Waals surface area contributed by atoms with E-state index in [2.05, 4.69) is 22.1 Å². The number of carbonyl (C=O) groups excluding carboxylic acids is 2. The fourth-order valence-corrected chi connectivity index (χ4v) is 3.26. The number of amides is 1. The zero-order chi connectivity index (χ0) is 18.4. The average Bonchev–Trinajstić information content (AvgIpc) is 2.60. The Kier molecular flexibility index (Phi) is 7.08. The molecule has 6 nitrogen and oxygen atoms in total. The van der Waals surface area contributed by atoms with Gasteiger partial charge in [-0.3, -0.25) is 19.5 Å². The third-order valence-electron chi connectivity index (χ3n) is 4.72. The molecule has 25 heavy (non-hydrogen) atoms. The first-order chi connectivity index (χ1) is 12.0. The number of nitrogens with zero attached hydrogens (tertiary/aromatic N) is 2. The number of ketones is 1. The standard InChI is InChI=1S/C19H29N3O3/c1-5-16-12-22(9-10-25-16)18(6-2)19(24)20-11-15-7-8-17(14(4)23)13(3)21-15/h7-8,16,18H,5-6,9-12H2,1-4H3,(H,20,24). The van der Waals surface area contributed by atoms with Crippen LogP contribution in [0, 0.1) is 6.92 Å². The molecule has 2 unspecified atom stereocenters. The number of morpholine rings is 1. The number of hydrogen-bond acceptors (Lipinski definition) is 5. The van der Waals surface area contributed by atoms with E-state index in [0.29, 0.717) is 24.4 Å². The molecule has 1 aromatic heterocycles. The lowest BCUT2D eigenvalue weighted by atomic mass is 10.1. The maximum Gasteiger partial charge on any atom is 0.237 e. The number of aromatic nitrogens is 1. The number of ether oxygens (including phenoxy) is 1. The molecule has 0 bridgehead atoms. The summed E-state index contributed by atoms with van der Waals surface area (Å²) < 4.78 is 5.69. The Morgan fingerprint density at radius 2 is 2.16 bits per heavy atom. The third kappa shape index (κ3) is 5.09. The molecule has 1 aromatic rings. The molecule has 2 rings (SSSR count). The van der Waals surface area contributed by atoms with Crippen LogP contribution in [0.2, 0.25) is 0 Å². The highest BCUT2D eigenvalue weighted by Crippen LogP contribution is 2.14. The second-order valence-corrected chi connectivity index (χ2v) is 6.53. The Morgan fingerprint density at radius 3 is 2.76 bits per heavy atom. The van der Waals surface area contributed by atoms with Crippen LogP contribution in [0.4, 0.5) is 0 Å². The quantitative estimate of drug-likeness (QED) is 0.765. The molecule has 0 spiro atoms. The molecule has 6 heteroatoms. The molecule has 1 aliphatic rings. The van der Waals surface area contributed by atoms with Gasteiger partial charge in [0.2, 0.25) is 5.91 Å². The number of hydrogen-bond donors (Lipinski definition) is 1. The van der Waals surface area contributed by atoms with Gasteiger partial charge in [0.05, 0.1) is 31.0 Å². The van der Waals surface area contributed by atoms with Crippen LogP contribution >= 0.6 is 0 Å². The van der Waals surface area contributed by atoms with Crippen LogP contribution < -0.4 is 5.32 Å². The van der Waals surface area contributed by atoms with Crippen molar-refractivity contribution in [3.63, 3.8) is 0 Å². The molecule has 0 saturated carbocycles. The molecule has 1 saturated heterocycles. The van der Waals surface area contributed by atoms with Crippen LogP contribution in [-0.4, -0.2) is 53.4 Å². The fraction of sp³-hybridized carbons (Fsp3) is 0.632. The molecule has 1 aliphatic heterocycles. The van der Waals surface area contributed by atoms with Gasteiger partial charge in [-0.05, 0) is 38.8 Å². The van der Waals surface area contributed by atoms with E-state index in [1.165, 1.54) is 6.92 Å². The molecule has 0 radical (unpaired) electrons. The van der Waals surface area contributed by atoms with Gasteiger partial charge in [-0.25, -0.2) is 0 Å². The van der Waals surface area contributed by atoms with E-state index in [9.17, 15) is 9.59 Å². The molecule has 1 amide bonds. The van der Waals surface area contributed by atoms with Gasteiger partial charge in [0.25, 0.3) is 0 Å². The molecule has 0 aliphatic carbocycles. The summed E-state index contributed by atoms with van der Waals surface area (Å²) in [5.41, 5.74) is 2.09. The second kappa shape index (κ2) is 9.06. The van der Waals surface area contributed by atoms with Crippen molar-refractivity contribution < 1.29 is 14.3 Å². The van der Waals surface area contributed by atoms with Crippen LogP contribution in [0.15, 0.2) is 12.1 Å². The van der Waals surface area contributed by atoms with Crippen molar-refractivity contribution in [3.8, 4) is 0 Å². The smallest absolute Gasteiger partial charge is 0.237 e. The molecular formula is C19H29N3O3. The van der Waals surface area contributed by atoms with E-state index in [-0.39, 0.29) is 23.8 Å². The van der Waals surface area contributed by atoms with E-state index in [4.69, 9.17) is 4.74 Å².